The zero-order valence-electron chi connectivity index (χ0n) is 14.5. The Morgan fingerprint density at radius 3 is 2.44 bits per heavy atom. The Morgan fingerprint density at radius 2 is 1.76 bits per heavy atom. The van der Waals surface area contributed by atoms with Crippen LogP contribution >= 0.6 is 0 Å². The molecule has 0 heterocycles. The van der Waals surface area contributed by atoms with Gasteiger partial charge in [-0.3, -0.25) is 9.80 Å². The quantitative estimate of drug-likeness (QED) is 0.515. The lowest BCUT2D eigenvalue weighted by Crippen LogP contribution is -2.25. The van der Waals surface area contributed by atoms with Gasteiger partial charge in [0.25, 0.3) is 0 Å². The molecule has 25 heavy (non-hydrogen) atoms. The molecule has 0 radical (unpaired) electrons. The van der Waals surface area contributed by atoms with Crippen molar-refractivity contribution in [2.75, 3.05) is 19.2 Å². The monoisotopic (exact) mass is 338 g/mol. The van der Waals surface area contributed by atoms with E-state index in [9.17, 15) is 4.79 Å². The van der Waals surface area contributed by atoms with E-state index in [0.29, 0.717) is 5.56 Å². The van der Waals surface area contributed by atoms with Crippen molar-refractivity contribution in [2.24, 2.45) is 5.84 Å². The van der Waals surface area contributed by atoms with Gasteiger partial charge in [-0.25, -0.2) is 5.84 Å². The van der Waals surface area contributed by atoms with Crippen molar-refractivity contribution in [2.45, 2.75) is 19.3 Å². The fourth-order valence-electron chi connectivity index (χ4n) is 3.13. The summed E-state index contributed by atoms with van der Waals surface area (Å²) in [5, 5.41) is 1.58. The summed E-state index contributed by atoms with van der Waals surface area (Å²) in [5.41, 5.74) is 5.14. The average Bonchev–Trinajstić information content (AvgIpc) is 2.66. The highest BCUT2D eigenvalue weighted by atomic mass is 16.5. The zero-order chi connectivity index (χ0) is 17.8. The predicted octanol–water partition coefficient (Wildman–Crippen LogP) is 3.27. The van der Waals surface area contributed by atoms with Gasteiger partial charge in [-0.2, -0.15) is 0 Å². The summed E-state index contributed by atoms with van der Waals surface area (Å²) in [7, 11) is 3.30. The molecular formula is C20H22N2O3. The number of methoxy groups -OCH3 is 2. The molecule has 0 amide bonds. The fourth-order valence-corrected chi connectivity index (χ4v) is 3.13. The number of carbonyl (C=O) groups is 1. The molecule has 2 aromatic carbocycles. The van der Waals surface area contributed by atoms with Gasteiger partial charge in [-0.1, -0.05) is 12.1 Å². The Kier molecular flexibility index (Phi) is 5.05. The molecule has 1 aliphatic rings. The number of allylic oxidation sites excluding steroid dienone is 1. The number of hydrogen-bond donors (Lipinski definition) is 1. The molecule has 2 N–H and O–H groups in total. The van der Waals surface area contributed by atoms with Crippen LogP contribution in [0.5, 0.6) is 11.5 Å². The van der Waals surface area contributed by atoms with E-state index >= 15 is 0 Å². The van der Waals surface area contributed by atoms with Crippen molar-refractivity contribution in [1.29, 1.82) is 0 Å². The molecule has 0 aromatic heterocycles. The highest BCUT2D eigenvalue weighted by molar-refractivity contribution is 5.77. The molecule has 0 saturated heterocycles. The highest BCUT2D eigenvalue weighted by Gasteiger charge is 2.17. The van der Waals surface area contributed by atoms with Gasteiger partial charge < -0.3 is 9.47 Å². The van der Waals surface area contributed by atoms with E-state index in [2.05, 4.69) is 6.07 Å². The molecule has 1 aliphatic carbocycles. The number of aryl methyl sites for hydroxylation is 1. The van der Waals surface area contributed by atoms with E-state index in [1.165, 1.54) is 16.7 Å². The van der Waals surface area contributed by atoms with E-state index in [1.807, 2.05) is 24.4 Å². The van der Waals surface area contributed by atoms with E-state index in [4.69, 9.17) is 15.3 Å². The van der Waals surface area contributed by atoms with Gasteiger partial charge in [-0.15, -0.1) is 0 Å². The minimum absolute atomic E-state index is 0.608. The zero-order valence-corrected chi connectivity index (χ0v) is 14.5. The first-order chi connectivity index (χ1) is 12.1. The van der Waals surface area contributed by atoms with Crippen LogP contribution in [0.2, 0.25) is 0 Å². The molecule has 0 atom stereocenters. The lowest BCUT2D eigenvalue weighted by Gasteiger charge is -2.23. The highest BCUT2D eigenvalue weighted by Crippen LogP contribution is 2.35. The maximum Gasteiger partial charge on any atom is 0.161 e. The minimum atomic E-state index is 0.608. The second kappa shape index (κ2) is 7.40. The normalized spacial score (nSPS) is 14.8. The van der Waals surface area contributed by atoms with Crippen LogP contribution in [0.25, 0.3) is 0 Å². The van der Waals surface area contributed by atoms with Gasteiger partial charge in [0.2, 0.25) is 0 Å². The smallest absolute Gasteiger partial charge is 0.161 e. The first-order valence-electron chi connectivity index (χ1n) is 8.17. The molecule has 2 aromatic rings. The maximum absolute atomic E-state index is 10.9. The van der Waals surface area contributed by atoms with Crippen LogP contribution in [0.15, 0.2) is 48.2 Å². The van der Waals surface area contributed by atoms with Crippen LogP contribution in [0.3, 0.4) is 0 Å². The number of benzene rings is 2. The van der Waals surface area contributed by atoms with E-state index in [-0.39, 0.29) is 0 Å². The summed E-state index contributed by atoms with van der Waals surface area (Å²) in [6.07, 6.45) is 5.45. The number of aldehydes is 1. The van der Waals surface area contributed by atoms with Crippen LogP contribution in [-0.2, 0) is 12.8 Å². The molecule has 5 nitrogen and oxygen atoms in total. The number of nitrogens with zero attached hydrogens (tertiary/aromatic N) is 1. The number of hydrogen-bond acceptors (Lipinski definition) is 5. The maximum atomic E-state index is 10.9. The van der Waals surface area contributed by atoms with E-state index in [1.54, 1.807) is 31.4 Å². The third-order valence-electron chi connectivity index (χ3n) is 4.46. The fraction of sp³-hybridized carbons (Fsp3) is 0.250. The number of anilines is 1. The SMILES string of the molecule is COc1cc2c(cc1OC)C/C(=C\N(N)c1cccc(C=O)c1)CC2. The largest absolute Gasteiger partial charge is 0.493 e. The molecule has 3 rings (SSSR count). The van der Waals surface area contributed by atoms with Crippen molar-refractivity contribution < 1.29 is 14.3 Å². The van der Waals surface area contributed by atoms with Crippen molar-refractivity contribution in [3.05, 3.63) is 64.9 Å². The average molecular weight is 338 g/mol. The molecule has 0 saturated carbocycles. The van der Waals surface area contributed by atoms with Crippen molar-refractivity contribution in [3.63, 3.8) is 0 Å². The number of rotatable bonds is 5. The number of ether oxygens (including phenoxy) is 2. The molecule has 0 fully saturated rings. The lowest BCUT2D eigenvalue weighted by molar-refractivity contribution is 0.112. The Morgan fingerprint density at radius 1 is 1.04 bits per heavy atom. The third kappa shape index (κ3) is 3.67. The van der Waals surface area contributed by atoms with Gasteiger partial charge in [0.05, 0.1) is 19.9 Å². The summed E-state index contributed by atoms with van der Waals surface area (Å²) < 4.78 is 10.8. The van der Waals surface area contributed by atoms with E-state index < -0.39 is 0 Å². The van der Waals surface area contributed by atoms with Crippen molar-refractivity contribution >= 4 is 12.0 Å². The predicted molar refractivity (Wildman–Crippen MR) is 98.1 cm³/mol. The Bertz CT molecular complexity index is 815. The van der Waals surface area contributed by atoms with Crippen molar-refractivity contribution in [1.82, 2.24) is 0 Å². The number of carbonyl (C=O) groups excluding carboxylic acids is 1. The Balaban J connectivity index is 1.83. The Labute approximate surface area is 147 Å². The Hall–Kier alpha value is -2.79. The minimum Gasteiger partial charge on any atom is -0.493 e. The molecule has 0 spiro atoms. The van der Waals surface area contributed by atoms with Gasteiger partial charge in [0.15, 0.2) is 11.5 Å². The summed E-state index contributed by atoms with van der Waals surface area (Å²) in [4.78, 5) is 10.9. The van der Waals surface area contributed by atoms with Gasteiger partial charge in [0, 0.05) is 11.8 Å². The number of nitrogens with two attached hydrogens (primary N) is 1. The summed E-state index contributed by atoms with van der Waals surface area (Å²) in [6.45, 7) is 0. The van der Waals surface area contributed by atoms with Gasteiger partial charge >= 0.3 is 0 Å². The first kappa shape index (κ1) is 17.0. The van der Waals surface area contributed by atoms with Crippen LogP contribution in [0.4, 0.5) is 5.69 Å². The second-order valence-electron chi connectivity index (χ2n) is 6.06. The summed E-state index contributed by atoms with van der Waals surface area (Å²) in [5.74, 6) is 7.67. The van der Waals surface area contributed by atoms with Crippen molar-refractivity contribution in [3.8, 4) is 11.5 Å². The molecule has 0 aliphatic heterocycles. The van der Waals surface area contributed by atoms with Crippen LogP contribution < -0.4 is 20.3 Å². The van der Waals surface area contributed by atoms with Crippen LogP contribution in [0, 0.1) is 0 Å². The first-order valence-corrected chi connectivity index (χ1v) is 8.17. The van der Waals surface area contributed by atoms with E-state index in [0.717, 1.165) is 42.7 Å². The lowest BCUT2D eigenvalue weighted by atomic mass is 9.88. The number of fused-ring (bicyclic) bond motifs is 1. The molecule has 0 unspecified atom stereocenters. The van der Waals surface area contributed by atoms with Gasteiger partial charge in [-0.05, 0) is 60.2 Å². The van der Waals surface area contributed by atoms with Crippen LogP contribution in [-0.4, -0.2) is 20.5 Å². The third-order valence-corrected chi connectivity index (χ3v) is 4.46. The van der Waals surface area contributed by atoms with Gasteiger partial charge in [0.1, 0.15) is 6.29 Å². The summed E-state index contributed by atoms with van der Waals surface area (Å²) >= 11 is 0. The molecular weight excluding hydrogens is 316 g/mol. The number of hydrazine groups is 1. The second-order valence-corrected chi connectivity index (χ2v) is 6.06. The molecule has 0 bridgehead atoms. The molecule has 130 valence electrons. The summed E-state index contributed by atoms with van der Waals surface area (Å²) in [6, 6.07) is 11.3. The topological polar surface area (TPSA) is 64.8 Å². The van der Waals surface area contributed by atoms with Crippen LogP contribution in [0.1, 0.15) is 27.9 Å². The standard InChI is InChI=1S/C20H22N2O3/c1-24-19-10-16-7-6-14(8-17(16)11-20(19)25-2)12-22(21)18-5-3-4-15(9-18)13-23/h3-5,9-13H,6-8,21H2,1-2H3/b14-12-. The molecule has 5 heteroatoms.